The lowest BCUT2D eigenvalue weighted by atomic mass is 10.0. The van der Waals surface area contributed by atoms with Crippen molar-refractivity contribution in [3.8, 4) is 11.1 Å². The summed E-state index contributed by atoms with van der Waals surface area (Å²) in [5, 5.41) is 10.8. The number of H-pyrrole nitrogens is 2. The number of aromatic amines is 2. The number of unbranched alkanes of at least 4 members (excludes halogenated alkanes) is 10. The van der Waals surface area contributed by atoms with Gasteiger partial charge in [0.15, 0.2) is 0 Å². The highest BCUT2D eigenvalue weighted by Gasteiger charge is 2.25. The predicted molar refractivity (Wildman–Crippen MR) is 170 cm³/mol. The lowest BCUT2D eigenvalue weighted by Crippen LogP contribution is -2.27. The number of carboxylic acid groups (broad SMARTS) is 1. The molecule has 0 spiro atoms. The van der Waals surface area contributed by atoms with Crippen molar-refractivity contribution in [3.63, 3.8) is 0 Å². The zero-order valence-electron chi connectivity index (χ0n) is 24.5. The van der Waals surface area contributed by atoms with Crippen LogP contribution < -0.4 is 4.72 Å². The van der Waals surface area contributed by atoms with E-state index in [0.29, 0.717) is 29.6 Å². The Labute approximate surface area is 244 Å². The molecule has 0 aliphatic carbocycles. The normalized spacial score (nSPS) is 12.7. The summed E-state index contributed by atoms with van der Waals surface area (Å²) in [6.07, 6.45) is 18.6. The Balaban J connectivity index is 1.38. The van der Waals surface area contributed by atoms with Crippen LogP contribution in [0.4, 0.5) is 5.69 Å². The van der Waals surface area contributed by atoms with Gasteiger partial charge in [-0.1, -0.05) is 109 Å². The van der Waals surface area contributed by atoms with Crippen LogP contribution in [-0.2, 0) is 10.0 Å². The highest BCUT2D eigenvalue weighted by Crippen LogP contribution is 2.37. The number of benzene rings is 2. The summed E-state index contributed by atoms with van der Waals surface area (Å²) in [7, 11) is -3.57. The average molecular weight is 580 g/mol. The molecular formula is C33H45N3O4S. The van der Waals surface area contributed by atoms with E-state index in [0.717, 1.165) is 34.7 Å². The number of carbonyl (C=O) groups is 1. The molecule has 222 valence electrons. The number of carboxylic acids is 1. The molecule has 2 heterocycles. The lowest BCUT2D eigenvalue weighted by Gasteiger charge is -2.18. The Bertz CT molecular complexity index is 1540. The molecule has 0 saturated heterocycles. The average Bonchev–Trinajstić information content (AvgIpc) is 3.58. The van der Waals surface area contributed by atoms with Gasteiger partial charge in [-0.05, 0) is 25.0 Å². The minimum absolute atomic E-state index is 0.213. The van der Waals surface area contributed by atoms with E-state index in [-0.39, 0.29) is 5.56 Å². The Morgan fingerprint density at radius 1 is 0.780 bits per heavy atom. The molecule has 1 unspecified atom stereocenters. The smallest absolute Gasteiger partial charge is 0.337 e. The van der Waals surface area contributed by atoms with E-state index < -0.39 is 21.2 Å². The Morgan fingerprint density at radius 3 is 1.90 bits per heavy atom. The summed E-state index contributed by atoms with van der Waals surface area (Å²) in [6.45, 7) is 4.19. The Morgan fingerprint density at radius 2 is 1.32 bits per heavy atom. The number of hydrogen-bond donors (Lipinski definition) is 4. The van der Waals surface area contributed by atoms with Crippen molar-refractivity contribution < 1.29 is 18.3 Å². The topological polar surface area (TPSA) is 115 Å². The van der Waals surface area contributed by atoms with Gasteiger partial charge in [0.2, 0.25) is 10.0 Å². The number of para-hydroxylation sites is 2. The van der Waals surface area contributed by atoms with Crippen LogP contribution in [0.25, 0.3) is 32.9 Å². The zero-order chi connectivity index (χ0) is 29.2. The van der Waals surface area contributed by atoms with Gasteiger partial charge in [-0.25, -0.2) is 13.2 Å². The molecule has 0 aliphatic rings. The molecule has 0 fully saturated rings. The van der Waals surface area contributed by atoms with Crippen LogP contribution in [0.15, 0.2) is 48.8 Å². The van der Waals surface area contributed by atoms with Gasteiger partial charge >= 0.3 is 5.97 Å². The Kier molecular flexibility index (Phi) is 10.9. The molecule has 0 amide bonds. The zero-order valence-corrected chi connectivity index (χ0v) is 25.3. The van der Waals surface area contributed by atoms with Crippen LogP contribution in [0.3, 0.4) is 0 Å². The molecule has 0 saturated carbocycles. The van der Waals surface area contributed by atoms with Gasteiger partial charge in [0.05, 0.1) is 27.5 Å². The number of hydrogen-bond acceptors (Lipinski definition) is 3. The molecule has 7 nitrogen and oxygen atoms in total. The molecular weight excluding hydrogens is 534 g/mol. The van der Waals surface area contributed by atoms with Crippen molar-refractivity contribution in [3.05, 3.63) is 54.4 Å². The predicted octanol–water partition coefficient (Wildman–Crippen LogP) is 9.24. The third-order valence-corrected chi connectivity index (χ3v) is 10.2. The number of anilines is 1. The van der Waals surface area contributed by atoms with E-state index in [1.54, 1.807) is 24.4 Å². The van der Waals surface area contributed by atoms with Crippen LogP contribution in [-0.4, -0.2) is 34.7 Å². The molecule has 2 aromatic heterocycles. The second kappa shape index (κ2) is 14.6. The Hall–Kier alpha value is -3.26. The maximum atomic E-state index is 13.4. The van der Waals surface area contributed by atoms with E-state index >= 15 is 0 Å². The number of nitrogens with one attached hydrogen (secondary N) is 3. The minimum Gasteiger partial charge on any atom is -0.478 e. The van der Waals surface area contributed by atoms with Crippen molar-refractivity contribution >= 4 is 43.5 Å². The molecule has 4 rings (SSSR count). The summed E-state index contributed by atoms with van der Waals surface area (Å²) in [6, 6.07) is 10.8. The first-order valence-corrected chi connectivity index (χ1v) is 16.9. The van der Waals surface area contributed by atoms with E-state index in [2.05, 4.69) is 21.6 Å². The van der Waals surface area contributed by atoms with Crippen LogP contribution in [0, 0.1) is 0 Å². The lowest BCUT2D eigenvalue weighted by molar-refractivity contribution is 0.0699. The molecule has 2 aromatic carbocycles. The molecule has 4 aromatic rings. The van der Waals surface area contributed by atoms with Gasteiger partial charge in [-0.3, -0.25) is 4.72 Å². The summed E-state index contributed by atoms with van der Waals surface area (Å²) >= 11 is 0. The monoisotopic (exact) mass is 579 g/mol. The minimum atomic E-state index is -3.57. The molecule has 0 radical (unpaired) electrons. The van der Waals surface area contributed by atoms with Gasteiger partial charge < -0.3 is 15.1 Å². The molecule has 1 atom stereocenters. The van der Waals surface area contributed by atoms with Gasteiger partial charge in [-0.2, -0.15) is 0 Å². The molecule has 4 N–H and O–H groups in total. The van der Waals surface area contributed by atoms with Crippen molar-refractivity contribution in [2.24, 2.45) is 0 Å². The standard InChI is InChI=1S/C33H45N3O4S/c1-3-5-6-7-8-9-10-11-12-13-14-17-24(4-2)41(39,40)36-30-21-16-19-26-29(23-35-32(26)30)28-22-34-31-25(28)18-15-20-27(31)33(37)38/h15-16,18-24,34-36H,3-14,17H2,1-2H3,(H,37,38). The van der Waals surface area contributed by atoms with E-state index in [1.165, 1.54) is 57.8 Å². The number of sulfonamides is 1. The quantitative estimate of drug-likeness (QED) is 0.0879. The molecule has 8 heteroatoms. The second-order valence-electron chi connectivity index (χ2n) is 11.2. The fraction of sp³-hybridized carbons (Fsp3) is 0.485. The highest BCUT2D eigenvalue weighted by molar-refractivity contribution is 7.93. The fourth-order valence-corrected chi connectivity index (χ4v) is 7.43. The molecule has 41 heavy (non-hydrogen) atoms. The van der Waals surface area contributed by atoms with E-state index in [9.17, 15) is 18.3 Å². The van der Waals surface area contributed by atoms with E-state index in [4.69, 9.17) is 0 Å². The summed E-state index contributed by atoms with van der Waals surface area (Å²) in [4.78, 5) is 18.0. The third kappa shape index (κ3) is 7.53. The van der Waals surface area contributed by atoms with Gasteiger partial charge in [-0.15, -0.1) is 0 Å². The first-order valence-electron chi connectivity index (χ1n) is 15.3. The fourth-order valence-electron chi connectivity index (χ4n) is 5.87. The van der Waals surface area contributed by atoms with Crippen LogP contribution in [0.1, 0.15) is 108 Å². The number of fused-ring (bicyclic) bond motifs is 2. The van der Waals surface area contributed by atoms with Crippen molar-refractivity contribution in [2.75, 3.05) is 4.72 Å². The van der Waals surface area contributed by atoms with Crippen molar-refractivity contribution in [1.82, 2.24) is 9.97 Å². The largest absolute Gasteiger partial charge is 0.478 e. The van der Waals surface area contributed by atoms with E-state index in [1.807, 2.05) is 31.3 Å². The van der Waals surface area contributed by atoms with Gasteiger partial charge in [0, 0.05) is 34.3 Å². The van der Waals surface area contributed by atoms with Gasteiger partial charge in [0.1, 0.15) is 0 Å². The highest BCUT2D eigenvalue weighted by atomic mass is 32.2. The number of aromatic nitrogens is 2. The second-order valence-corrected chi connectivity index (χ2v) is 13.1. The van der Waals surface area contributed by atoms with Crippen LogP contribution >= 0.6 is 0 Å². The summed E-state index contributed by atoms with van der Waals surface area (Å²) < 4.78 is 29.7. The number of rotatable bonds is 18. The van der Waals surface area contributed by atoms with Crippen LogP contribution in [0.2, 0.25) is 0 Å². The maximum Gasteiger partial charge on any atom is 0.337 e. The first kappa shape index (κ1) is 30.7. The maximum absolute atomic E-state index is 13.4. The van der Waals surface area contributed by atoms with Crippen LogP contribution in [0.5, 0.6) is 0 Å². The third-order valence-electron chi connectivity index (χ3n) is 8.23. The van der Waals surface area contributed by atoms with Gasteiger partial charge in [0.25, 0.3) is 0 Å². The summed E-state index contributed by atoms with van der Waals surface area (Å²) in [5.74, 6) is -0.988. The molecule has 0 aliphatic heterocycles. The SMILES string of the molecule is CCCCCCCCCCCCCC(CC)S(=O)(=O)Nc1cccc2c(-c3c[nH]c4c(C(=O)O)cccc34)c[nH]c12. The first-order chi connectivity index (χ1) is 19.9. The number of aromatic carboxylic acids is 1. The molecule has 0 bridgehead atoms. The summed E-state index contributed by atoms with van der Waals surface area (Å²) in [5.41, 5.74) is 3.75. The van der Waals surface area contributed by atoms with Crippen molar-refractivity contribution in [2.45, 2.75) is 103 Å². The van der Waals surface area contributed by atoms with Crippen molar-refractivity contribution in [1.29, 1.82) is 0 Å².